The number of nitrogens with two attached hydrogens (primary N) is 1. The molecule has 0 aliphatic heterocycles. The van der Waals surface area contributed by atoms with Gasteiger partial charge in [-0.15, -0.1) is 0 Å². The second kappa shape index (κ2) is 6.90. The van der Waals surface area contributed by atoms with E-state index in [9.17, 15) is 0 Å². The van der Waals surface area contributed by atoms with E-state index in [1.165, 1.54) is 0 Å². The summed E-state index contributed by atoms with van der Waals surface area (Å²) < 4.78 is 10.2. The molecular weight excluding hydrogens is 220 g/mol. The summed E-state index contributed by atoms with van der Waals surface area (Å²) in [5.74, 6) is 1.30. The molecular formula is C11H20N4O2. The molecule has 1 aromatic heterocycles. The van der Waals surface area contributed by atoms with Gasteiger partial charge in [0.2, 0.25) is 11.8 Å². The van der Waals surface area contributed by atoms with E-state index in [2.05, 4.69) is 22.2 Å². The first kappa shape index (κ1) is 13.5. The van der Waals surface area contributed by atoms with Crippen LogP contribution in [-0.2, 0) is 4.74 Å². The van der Waals surface area contributed by atoms with Gasteiger partial charge in [0.25, 0.3) is 0 Å². The van der Waals surface area contributed by atoms with Crippen molar-refractivity contribution in [2.45, 2.75) is 25.8 Å². The Bertz CT molecular complexity index is 340. The second-order valence-corrected chi connectivity index (χ2v) is 3.74. The molecule has 0 saturated carbocycles. The van der Waals surface area contributed by atoms with Gasteiger partial charge in [-0.3, -0.25) is 0 Å². The first-order valence-electron chi connectivity index (χ1n) is 5.63. The fraction of sp³-hybridized carbons (Fsp3) is 0.636. The summed E-state index contributed by atoms with van der Waals surface area (Å²) in [4.78, 5) is 8.03. The summed E-state index contributed by atoms with van der Waals surface area (Å²) in [7, 11) is 3.23. The van der Waals surface area contributed by atoms with Crippen molar-refractivity contribution < 1.29 is 9.47 Å². The second-order valence-electron chi connectivity index (χ2n) is 3.74. The molecule has 0 saturated heterocycles. The van der Waals surface area contributed by atoms with Gasteiger partial charge >= 0.3 is 0 Å². The third-order valence-corrected chi connectivity index (χ3v) is 2.29. The molecule has 0 aliphatic carbocycles. The number of nitrogens with one attached hydrogen (secondary N) is 1. The van der Waals surface area contributed by atoms with E-state index in [1.54, 1.807) is 20.3 Å². The minimum atomic E-state index is 0.194. The van der Waals surface area contributed by atoms with Crippen LogP contribution in [0.3, 0.4) is 0 Å². The smallest absolute Gasteiger partial charge is 0.225 e. The highest BCUT2D eigenvalue weighted by Crippen LogP contribution is 2.16. The van der Waals surface area contributed by atoms with Crippen molar-refractivity contribution in [2.24, 2.45) is 0 Å². The number of anilines is 2. The molecule has 3 N–H and O–H groups in total. The van der Waals surface area contributed by atoms with Crippen molar-refractivity contribution in [1.82, 2.24) is 9.97 Å². The Morgan fingerprint density at radius 3 is 2.76 bits per heavy atom. The first-order chi connectivity index (χ1) is 8.19. The highest BCUT2D eigenvalue weighted by atomic mass is 16.5. The average molecular weight is 240 g/mol. The van der Waals surface area contributed by atoms with Crippen molar-refractivity contribution in [1.29, 1.82) is 0 Å². The third kappa shape index (κ3) is 4.44. The normalized spacial score (nSPS) is 12.2. The summed E-state index contributed by atoms with van der Waals surface area (Å²) >= 11 is 0. The maximum Gasteiger partial charge on any atom is 0.225 e. The van der Waals surface area contributed by atoms with Crippen LogP contribution in [0.4, 0.5) is 11.8 Å². The van der Waals surface area contributed by atoms with E-state index in [1.807, 2.05) is 0 Å². The maximum atomic E-state index is 5.59. The molecule has 1 unspecified atom stereocenters. The van der Waals surface area contributed by atoms with Gasteiger partial charge in [-0.2, -0.15) is 9.97 Å². The number of methoxy groups -OCH3 is 2. The van der Waals surface area contributed by atoms with Crippen LogP contribution in [0.25, 0.3) is 0 Å². The van der Waals surface area contributed by atoms with Gasteiger partial charge in [-0.05, 0) is 6.42 Å². The lowest BCUT2D eigenvalue weighted by Gasteiger charge is -2.18. The van der Waals surface area contributed by atoms with Gasteiger partial charge in [0.1, 0.15) is 5.82 Å². The third-order valence-electron chi connectivity index (χ3n) is 2.29. The van der Waals surface area contributed by atoms with E-state index in [-0.39, 0.29) is 12.0 Å². The standard InChI is InChI=1S/C11H20N4O2/c1-4-5-8(7-16-2)13-9-6-10(17-3)15-11(12)14-9/h6,8H,4-5,7H2,1-3H3,(H3,12,13,14,15). The Labute approximate surface area is 102 Å². The van der Waals surface area contributed by atoms with E-state index in [0.29, 0.717) is 18.3 Å². The number of nitrogens with zero attached hydrogens (tertiary/aromatic N) is 2. The molecule has 0 spiro atoms. The fourth-order valence-electron chi connectivity index (χ4n) is 1.58. The molecule has 1 heterocycles. The van der Waals surface area contributed by atoms with Gasteiger partial charge in [0.15, 0.2) is 0 Å². The monoisotopic (exact) mass is 240 g/mol. The molecule has 1 atom stereocenters. The Kier molecular flexibility index (Phi) is 5.48. The molecule has 0 radical (unpaired) electrons. The molecule has 0 aliphatic rings. The Morgan fingerprint density at radius 2 is 2.18 bits per heavy atom. The van der Waals surface area contributed by atoms with Crippen LogP contribution in [0.2, 0.25) is 0 Å². The molecule has 6 heteroatoms. The van der Waals surface area contributed by atoms with Crippen molar-refractivity contribution in [2.75, 3.05) is 31.9 Å². The van der Waals surface area contributed by atoms with E-state index in [4.69, 9.17) is 15.2 Å². The number of ether oxygens (including phenoxy) is 2. The van der Waals surface area contributed by atoms with Crippen LogP contribution in [0.1, 0.15) is 19.8 Å². The molecule has 1 rings (SSSR count). The minimum Gasteiger partial charge on any atom is -0.481 e. The molecule has 0 amide bonds. The van der Waals surface area contributed by atoms with Crippen molar-refractivity contribution in [3.63, 3.8) is 0 Å². The number of hydrogen-bond donors (Lipinski definition) is 2. The van der Waals surface area contributed by atoms with Gasteiger partial charge in [-0.1, -0.05) is 13.3 Å². The zero-order chi connectivity index (χ0) is 12.7. The zero-order valence-electron chi connectivity index (χ0n) is 10.6. The van der Waals surface area contributed by atoms with E-state index >= 15 is 0 Å². The SMILES string of the molecule is CCCC(COC)Nc1cc(OC)nc(N)n1. The van der Waals surface area contributed by atoms with Gasteiger partial charge in [0.05, 0.1) is 19.8 Å². The van der Waals surface area contributed by atoms with Gasteiger partial charge in [0, 0.05) is 13.2 Å². The molecule has 6 nitrogen and oxygen atoms in total. The van der Waals surface area contributed by atoms with E-state index in [0.717, 1.165) is 12.8 Å². The topological polar surface area (TPSA) is 82.3 Å². The summed E-state index contributed by atoms with van der Waals surface area (Å²) in [6.07, 6.45) is 2.07. The largest absolute Gasteiger partial charge is 0.481 e. The Hall–Kier alpha value is -1.56. The summed E-state index contributed by atoms with van der Waals surface area (Å²) in [6.45, 7) is 2.75. The summed E-state index contributed by atoms with van der Waals surface area (Å²) in [6, 6.07) is 1.93. The van der Waals surface area contributed by atoms with Gasteiger partial charge in [-0.25, -0.2) is 0 Å². The maximum absolute atomic E-state index is 5.59. The van der Waals surface area contributed by atoms with Crippen LogP contribution in [0, 0.1) is 0 Å². The number of aromatic nitrogens is 2. The first-order valence-corrected chi connectivity index (χ1v) is 5.63. The number of hydrogen-bond acceptors (Lipinski definition) is 6. The predicted molar refractivity (Wildman–Crippen MR) is 67.2 cm³/mol. The molecule has 0 aromatic carbocycles. The van der Waals surface area contributed by atoms with Gasteiger partial charge < -0.3 is 20.5 Å². The highest BCUT2D eigenvalue weighted by molar-refractivity contribution is 5.43. The van der Waals surface area contributed by atoms with Crippen LogP contribution in [-0.4, -0.2) is 36.8 Å². The number of rotatable bonds is 7. The highest BCUT2D eigenvalue weighted by Gasteiger charge is 2.09. The zero-order valence-corrected chi connectivity index (χ0v) is 10.6. The van der Waals surface area contributed by atoms with E-state index < -0.39 is 0 Å². The molecule has 0 bridgehead atoms. The summed E-state index contributed by atoms with van der Waals surface area (Å²) in [5.41, 5.74) is 5.59. The molecule has 96 valence electrons. The van der Waals surface area contributed by atoms with Crippen LogP contribution in [0.15, 0.2) is 6.07 Å². The Morgan fingerprint density at radius 1 is 1.41 bits per heavy atom. The van der Waals surface area contributed by atoms with Crippen molar-refractivity contribution >= 4 is 11.8 Å². The Balaban J connectivity index is 2.73. The molecule has 0 fully saturated rings. The minimum absolute atomic E-state index is 0.194. The van der Waals surface area contributed by atoms with Crippen molar-refractivity contribution in [3.8, 4) is 5.88 Å². The van der Waals surface area contributed by atoms with Crippen LogP contribution < -0.4 is 15.8 Å². The number of nitrogen functional groups attached to an aromatic ring is 1. The quantitative estimate of drug-likeness (QED) is 0.747. The van der Waals surface area contributed by atoms with Crippen molar-refractivity contribution in [3.05, 3.63) is 6.07 Å². The van der Waals surface area contributed by atoms with Crippen LogP contribution >= 0.6 is 0 Å². The summed E-state index contributed by atoms with van der Waals surface area (Å²) in [5, 5.41) is 3.26. The van der Waals surface area contributed by atoms with Crippen LogP contribution in [0.5, 0.6) is 5.88 Å². The predicted octanol–water partition coefficient (Wildman–Crippen LogP) is 1.29. The lowest BCUT2D eigenvalue weighted by Crippen LogP contribution is -2.25. The molecule has 1 aromatic rings. The lowest BCUT2D eigenvalue weighted by molar-refractivity contribution is 0.182. The molecule has 17 heavy (non-hydrogen) atoms. The average Bonchev–Trinajstić information content (AvgIpc) is 2.29. The fourth-order valence-corrected chi connectivity index (χ4v) is 1.58. The lowest BCUT2D eigenvalue weighted by atomic mass is 10.2.